The Morgan fingerprint density at radius 2 is 1.58 bits per heavy atom. The second kappa shape index (κ2) is 9.81. The quantitative estimate of drug-likeness (QED) is 0.224. The summed E-state index contributed by atoms with van der Waals surface area (Å²) in [5.41, 5.74) is 5.24. The van der Waals surface area contributed by atoms with Crippen molar-refractivity contribution in [1.82, 2.24) is 0 Å². The van der Waals surface area contributed by atoms with Crippen LogP contribution in [0.1, 0.15) is 89.7 Å². The number of hydrogen-bond acceptors (Lipinski definition) is 3. The van der Waals surface area contributed by atoms with Gasteiger partial charge < -0.3 is 4.74 Å². The number of aliphatic imine (C=N–C) groups is 1. The monoisotopic (exact) mass is 509 g/mol. The van der Waals surface area contributed by atoms with Crippen molar-refractivity contribution in [2.45, 2.75) is 84.6 Å². The smallest absolute Gasteiger partial charge is 0.336 e. The van der Waals surface area contributed by atoms with E-state index in [0.29, 0.717) is 22.9 Å². The summed E-state index contributed by atoms with van der Waals surface area (Å²) in [5.74, 6) is 1.39. The molecule has 0 aromatic heterocycles. The Kier molecular flexibility index (Phi) is 6.61. The minimum Gasteiger partial charge on any atom is -0.460 e. The third-order valence-electron chi connectivity index (χ3n) is 10.8. The van der Waals surface area contributed by atoms with Crippen molar-refractivity contribution in [1.29, 1.82) is 0 Å². The molecular formula is C35H43NO2. The van der Waals surface area contributed by atoms with Gasteiger partial charge in [0.2, 0.25) is 0 Å². The van der Waals surface area contributed by atoms with Crippen LogP contribution in [-0.4, -0.2) is 24.3 Å². The molecule has 6 rings (SSSR count). The van der Waals surface area contributed by atoms with Gasteiger partial charge >= 0.3 is 5.97 Å². The number of benzene rings is 2. The van der Waals surface area contributed by atoms with E-state index in [9.17, 15) is 4.79 Å². The van der Waals surface area contributed by atoms with Crippen LogP contribution in [0.2, 0.25) is 0 Å². The Bertz CT molecular complexity index is 1180. The largest absolute Gasteiger partial charge is 0.460 e. The molecule has 4 fully saturated rings. The van der Waals surface area contributed by atoms with Gasteiger partial charge in [-0.25, -0.2) is 4.79 Å². The number of cyclic esters (lactones) is 1. The van der Waals surface area contributed by atoms with Crippen molar-refractivity contribution in [3.05, 3.63) is 83.4 Å². The molecule has 0 amide bonds. The molecule has 0 N–H and O–H groups in total. The standard InChI is InChI=1S/C35H43NO2/c1-33(2)19-11-20-34(3)29(33)18-21-35(22-23-35)30(34)17-10-16-27-28(24-38-32(27)37)36-31(25-12-6-4-7-13-25)26-14-8-5-9-15-26/h4-9,12-16,28-30H,10-11,17-24H2,1-3H3/b27-16-/t28?,29-,30+,34-/m0/s1. The van der Waals surface area contributed by atoms with Gasteiger partial charge in [-0.05, 0) is 79.4 Å². The first-order chi connectivity index (χ1) is 18.3. The Labute approximate surface area is 228 Å². The molecule has 0 bridgehead atoms. The summed E-state index contributed by atoms with van der Waals surface area (Å²) >= 11 is 0. The molecule has 200 valence electrons. The molecule has 1 spiro atoms. The molecule has 4 atom stereocenters. The first kappa shape index (κ1) is 25.6. The minimum atomic E-state index is -0.254. The molecule has 4 aliphatic rings. The van der Waals surface area contributed by atoms with Crippen molar-refractivity contribution < 1.29 is 9.53 Å². The Hall–Kier alpha value is -2.68. The normalized spacial score (nSPS) is 32.0. The highest BCUT2D eigenvalue weighted by Crippen LogP contribution is 2.72. The lowest BCUT2D eigenvalue weighted by Crippen LogP contribution is -2.52. The summed E-state index contributed by atoms with van der Waals surface area (Å²) in [6.45, 7) is 7.99. The fraction of sp³-hybridized carbons (Fsp3) is 0.543. The third kappa shape index (κ3) is 4.56. The topological polar surface area (TPSA) is 38.7 Å². The molecule has 1 heterocycles. The van der Waals surface area contributed by atoms with Crippen LogP contribution in [0.5, 0.6) is 0 Å². The zero-order chi connectivity index (χ0) is 26.4. The Balaban J connectivity index is 1.26. The van der Waals surface area contributed by atoms with E-state index in [1.807, 2.05) is 36.4 Å². The molecule has 1 saturated heterocycles. The van der Waals surface area contributed by atoms with Crippen LogP contribution in [0.3, 0.4) is 0 Å². The van der Waals surface area contributed by atoms with Crippen molar-refractivity contribution in [3.63, 3.8) is 0 Å². The van der Waals surface area contributed by atoms with Crippen LogP contribution in [0.4, 0.5) is 0 Å². The molecule has 2 aromatic carbocycles. The molecule has 3 heteroatoms. The van der Waals surface area contributed by atoms with Crippen molar-refractivity contribution in [3.8, 4) is 0 Å². The van der Waals surface area contributed by atoms with Gasteiger partial charge in [0.15, 0.2) is 0 Å². The fourth-order valence-corrected chi connectivity index (χ4v) is 8.86. The highest BCUT2D eigenvalue weighted by molar-refractivity contribution is 6.13. The molecule has 0 radical (unpaired) electrons. The summed E-state index contributed by atoms with van der Waals surface area (Å²) in [4.78, 5) is 18.0. The number of nitrogens with zero attached hydrogens (tertiary/aromatic N) is 1. The van der Waals surface area contributed by atoms with E-state index in [1.54, 1.807) is 0 Å². The lowest BCUT2D eigenvalue weighted by atomic mass is 9.45. The number of carbonyl (C=O) groups is 1. The Morgan fingerprint density at radius 1 is 0.921 bits per heavy atom. The predicted molar refractivity (Wildman–Crippen MR) is 154 cm³/mol. The molecule has 3 aliphatic carbocycles. The number of allylic oxidation sites excluding steroid dienone is 1. The van der Waals surface area contributed by atoms with Crippen LogP contribution in [-0.2, 0) is 9.53 Å². The minimum absolute atomic E-state index is 0.188. The fourth-order valence-electron chi connectivity index (χ4n) is 8.86. The molecular weight excluding hydrogens is 466 g/mol. The third-order valence-corrected chi connectivity index (χ3v) is 10.8. The van der Waals surface area contributed by atoms with Crippen LogP contribution >= 0.6 is 0 Å². The van der Waals surface area contributed by atoms with E-state index in [-0.39, 0.29) is 12.0 Å². The molecule has 1 aliphatic heterocycles. The predicted octanol–water partition coefficient (Wildman–Crippen LogP) is 8.18. The number of ether oxygens (including phenoxy) is 1. The van der Waals surface area contributed by atoms with E-state index in [2.05, 4.69) is 51.1 Å². The highest BCUT2D eigenvalue weighted by atomic mass is 16.5. The zero-order valence-electron chi connectivity index (χ0n) is 23.4. The van der Waals surface area contributed by atoms with Crippen molar-refractivity contribution in [2.75, 3.05) is 6.61 Å². The van der Waals surface area contributed by atoms with E-state index in [4.69, 9.17) is 9.73 Å². The number of esters is 1. The second-order valence-electron chi connectivity index (χ2n) is 13.4. The summed E-state index contributed by atoms with van der Waals surface area (Å²) in [6.07, 6.45) is 14.0. The first-order valence-corrected chi connectivity index (χ1v) is 14.9. The van der Waals surface area contributed by atoms with Gasteiger partial charge in [-0.3, -0.25) is 4.99 Å². The number of carbonyl (C=O) groups excluding carboxylic acids is 1. The van der Waals surface area contributed by atoms with Crippen LogP contribution in [0, 0.1) is 28.1 Å². The molecule has 1 unspecified atom stereocenters. The summed E-state index contributed by atoms with van der Waals surface area (Å²) in [7, 11) is 0. The van der Waals surface area contributed by atoms with Crippen molar-refractivity contribution >= 4 is 11.7 Å². The average Bonchev–Trinajstić information content (AvgIpc) is 3.60. The highest BCUT2D eigenvalue weighted by Gasteiger charge is 2.62. The summed E-state index contributed by atoms with van der Waals surface area (Å²) < 4.78 is 5.57. The summed E-state index contributed by atoms with van der Waals surface area (Å²) in [6, 6.07) is 20.3. The first-order valence-electron chi connectivity index (χ1n) is 14.9. The number of hydrogen-bond donors (Lipinski definition) is 0. The lowest BCUT2D eigenvalue weighted by molar-refractivity contribution is -0.135. The molecule has 2 aromatic rings. The van der Waals surface area contributed by atoms with Gasteiger partial charge in [0.1, 0.15) is 12.6 Å². The van der Waals surface area contributed by atoms with Gasteiger partial charge in [-0.1, -0.05) is 93.9 Å². The van der Waals surface area contributed by atoms with E-state index < -0.39 is 0 Å². The maximum atomic E-state index is 12.9. The Morgan fingerprint density at radius 3 is 2.21 bits per heavy atom. The maximum Gasteiger partial charge on any atom is 0.336 e. The number of fused-ring (bicyclic) bond motifs is 1. The van der Waals surface area contributed by atoms with Crippen LogP contribution < -0.4 is 0 Å². The lowest BCUT2D eigenvalue weighted by Gasteiger charge is -2.60. The average molecular weight is 510 g/mol. The van der Waals surface area contributed by atoms with E-state index in [1.165, 1.54) is 51.4 Å². The van der Waals surface area contributed by atoms with Crippen LogP contribution in [0.25, 0.3) is 0 Å². The van der Waals surface area contributed by atoms with Gasteiger partial charge in [-0.2, -0.15) is 0 Å². The zero-order valence-corrected chi connectivity index (χ0v) is 23.4. The van der Waals surface area contributed by atoms with Crippen LogP contribution in [0.15, 0.2) is 77.3 Å². The summed E-state index contributed by atoms with van der Waals surface area (Å²) in [5, 5.41) is 0. The molecule has 3 nitrogen and oxygen atoms in total. The SMILES string of the molecule is CC1(C)CCC[C@@]2(C)[C@H]1CCC1(CC1)[C@@H]2CC/C=C1\C(=O)OCC1N=C(c1ccccc1)c1ccccc1. The van der Waals surface area contributed by atoms with Gasteiger partial charge in [0.25, 0.3) is 0 Å². The van der Waals surface area contributed by atoms with Gasteiger partial charge in [-0.15, -0.1) is 0 Å². The van der Waals surface area contributed by atoms with E-state index >= 15 is 0 Å². The van der Waals surface area contributed by atoms with Gasteiger partial charge in [0.05, 0.1) is 11.3 Å². The molecule has 3 saturated carbocycles. The van der Waals surface area contributed by atoms with Crippen molar-refractivity contribution in [2.24, 2.45) is 33.1 Å². The maximum absolute atomic E-state index is 12.9. The van der Waals surface area contributed by atoms with E-state index in [0.717, 1.165) is 40.7 Å². The number of rotatable bonds is 6. The van der Waals surface area contributed by atoms with Gasteiger partial charge in [0, 0.05) is 11.1 Å². The second-order valence-corrected chi connectivity index (χ2v) is 13.4. The molecule has 38 heavy (non-hydrogen) atoms.